The highest BCUT2D eigenvalue weighted by molar-refractivity contribution is 7.92. The Morgan fingerprint density at radius 3 is 2.31 bits per heavy atom. The predicted molar refractivity (Wildman–Crippen MR) is 115 cm³/mol. The van der Waals surface area contributed by atoms with Crippen molar-refractivity contribution < 1.29 is 17.9 Å². The highest BCUT2D eigenvalue weighted by Gasteiger charge is 2.26. The van der Waals surface area contributed by atoms with Crippen LogP contribution in [-0.2, 0) is 14.8 Å². The molecule has 0 atom stereocenters. The molecule has 1 amide bonds. The number of piperazine rings is 1. The van der Waals surface area contributed by atoms with Crippen LogP contribution in [0.2, 0.25) is 0 Å². The topological polar surface area (TPSA) is 66.9 Å². The smallest absolute Gasteiger partial charge is 0.246 e. The molecule has 1 aliphatic rings. The predicted octanol–water partition coefficient (Wildman–Crippen LogP) is 2.85. The third kappa shape index (κ3) is 5.79. The first-order valence-corrected chi connectivity index (χ1v) is 10.8. The second kappa shape index (κ2) is 9.54. The van der Waals surface area contributed by atoms with Crippen LogP contribution in [0.4, 0.5) is 0 Å². The minimum Gasteiger partial charge on any atom is -0.497 e. The van der Waals surface area contributed by atoms with E-state index in [1.165, 1.54) is 15.8 Å². The second-order valence-electron chi connectivity index (χ2n) is 6.59. The Labute approximate surface area is 171 Å². The number of hydrogen-bond acceptors (Lipinski definition) is 4. The molecule has 1 saturated heterocycles. The van der Waals surface area contributed by atoms with Crippen molar-refractivity contribution in [2.24, 2.45) is 0 Å². The van der Waals surface area contributed by atoms with Gasteiger partial charge in [-0.25, -0.2) is 8.42 Å². The molecule has 0 unspecified atom stereocenters. The number of carbonyl (C=O) groups is 1. The summed E-state index contributed by atoms with van der Waals surface area (Å²) in [5.41, 5.74) is 1.69. The number of methoxy groups -OCH3 is 1. The molecule has 2 aromatic rings. The van der Waals surface area contributed by atoms with Gasteiger partial charge in [0, 0.05) is 37.7 Å². The van der Waals surface area contributed by atoms with E-state index in [1.54, 1.807) is 24.2 Å². The van der Waals surface area contributed by atoms with Gasteiger partial charge in [0.25, 0.3) is 0 Å². The van der Waals surface area contributed by atoms with Crippen molar-refractivity contribution in [2.45, 2.75) is 0 Å². The van der Waals surface area contributed by atoms with Crippen molar-refractivity contribution in [1.29, 1.82) is 0 Å². The molecule has 3 rings (SSSR count). The van der Waals surface area contributed by atoms with Crippen molar-refractivity contribution in [3.8, 4) is 5.75 Å². The molecule has 0 bridgehead atoms. The molecule has 0 radical (unpaired) electrons. The SMILES string of the molecule is COc1cccc(C=CC(=O)N2CCN(S(=O)(=O)C=Cc3ccccc3)CC2)c1. The quantitative estimate of drug-likeness (QED) is 0.685. The van der Waals surface area contributed by atoms with Crippen molar-refractivity contribution in [2.75, 3.05) is 33.3 Å². The van der Waals surface area contributed by atoms with E-state index in [4.69, 9.17) is 4.74 Å². The Hall–Kier alpha value is -2.90. The lowest BCUT2D eigenvalue weighted by Gasteiger charge is -2.32. The average molecular weight is 413 g/mol. The van der Waals surface area contributed by atoms with Crippen LogP contribution in [0.5, 0.6) is 5.75 Å². The van der Waals surface area contributed by atoms with Gasteiger partial charge in [0.05, 0.1) is 7.11 Å². The summed E-state index contributed by atoms with van der Waals surface area (Å²) in [4.78, 5) is 14.1. The highest BCUT2D eigenvalue weighted by atomic mass is 32.2. The molecule has 7 heteroatoms. The third-order valence-electron chi connectivity index (χ3n) is 4.65. The van der Waals surface area contributed by atoms with Crippen LogP contribution in [0.25, 0.3) is 12.2 Å². The van der Waals surface area contributed by atoms with Crippen LogP contribution in [0.3, 0.4) is 0 Å². The normalized spacial score (nSPS) is 15.8. The molecule has 1 aliphatic heterocycles. The fraction of sp³-hybridized carbons (Fsp3) is 0.227. The van der Waals surface area contributed by atoms with E-state index >= 15 is 0 Å². The molecule has 6 nitrogen and oxygen atoms in total. The lowest BCUT2D eigenvalue weighted by molar-refractivity contribution is -0.127. The highest BCUT2D eigenvalue weighted by Crippen LogP contribution is 2.15. The fourth-order valence-electron chi connectivity index (χ4n) is 3.00. The standard InChI is InChI=1S/C22H24N2O4S/c1-28-21-9-5-8-20(18-21)10-11-22(25)23-13-15-24(16-14-23)29(26,27)17-12-19-6-3-2-4-7-19/h2-12,17-18H,13-16H2,1H3. The Morgan fingerprint density at radius 1 is 0.931 bits per heavy atom. The molecular formula is C22H24N2O4S. The van der Waals surface area contributed by atoms with Gasteiger partial charge in [-0.05, 0) is 35.4 Å². The first-order valence-electron chi connectivity index (χ1n) is 9.32. The molecule has 29 heavy (non-hydrogen) atoms. The van der Waals surface area contributed by atoms with Gasteiger partial charge >= 0.3 is 0 Å². The Bertz CT molecular complexity index is 992. The average Bonchev–Trinajstić information content (AvgIpc) is 2.77. The van der Waals surface area contributed by atoms with Gasteiger partial charge in [-0.3, -0.25) is 4.79 Å². The zero-order valence-electron chi connectivity index (χ0n) is 16.3. The molecule has 1 fully saturated rings. The fourth-order valence-corrected chi connectivity index (χ4v) is 4.17. The first kappa shape index (κ1) is 20.8. The number of carbonyl (C=O) groups excluding carboxylic acids is 1. The van der Waals surface area contributed by atoms with Gasteiger partial charge in [-0.1, -0.05) is 42.5 Å². The van der Waals surface area contributed by atoms with E-state index in [2.05, 4.69) is 0 Å². The van der Waals surface area contributed by atoms with Crippen LogP contribution in [0.1, 0.15) is 11.1 Å². The number of ether oxygens (including phenoxy) is 1. The van der Waals surface area contributed by atoms with Crippen LogP contribution in [0, 0.1) is 0 Å². The van der Waals surface area contributed by atoms with Crippen molar-refractivity contribution in [3.05, 3.63) is 77.2 Å². The van der Waals surface area contributed by atoms with Gasteiger partial charge in [-0.15, -0.1) is 0 Å². The maximum atomic E-state index is 12.5. The number of amides is 1. The van der Waals surface area contributed by atoms with E-state index in [0.29, 0.717) is 13.1 Å². The lowest BCUT2D eigenvalue weighted by Crippen LogP contribution is -2.49. The molecule has 1 heterocycles. The summed E-state index contributed by atoms with van der Waals surface area (Å²) >= 11 is 0. The second-order valence-corrected chi connectivity index (χ2v) is 8.41. The van der Waals surface area contributed by atoms with Crippen molar-refractivity contribution in [1.82, 2.24) is 9.21 Å². The van der Waals surface area contributed by atoms with E-state index < -0.39 is 10.0 Å². The molecule has 0 saturated carbocycles. The molecule has 152 valence electrons. The molecular weight excluding hydrogens is 388 g/mol. The zero-order valence-corrected chi connectivity index (χ0v) is 17.1. The van der Waals surface area contributed by atoms with E-state index in [1.807, 2.05) is 54.6 Å². The van der Waals surface area contributed by atoms with E-state index in [-0.39, 0.29) is 19.0 Å². The van der Waals surface area contributed by atoms with Gasteiger partial charge in [0.2, 0.25) is 15.9 Å². The van der Waals surface area contributed by atoms with Gasteiger partial charge in [0.15, 0.2) is 0 Å². The van der Waals surface area contributed by atoms with Gasteiger partial charge in [-0.2, -0.15) is 4.31 Å². The zero-order chi connectivity index (χ0) is 20.7. The monoisotopic (exact) mass is 412 g/mol. The Balaban J connectivity index is 1.56. The Morgan fingerprint density at radius 2 is 1.62 bits per heavy atom. The van der Waals surface area contributed by atoms with Crippen LogP contribution in [0.15, 0.2) is 66.1 Å². The number of sulfonamides is 1. The summed E-state index contributed by atoms with van der Waals surface area (Å²) in [6.45, 7) is 1.28. The van der Waals surface area contributed by atoms with Crippen LogP contribution < -0.4 is 4.74 Å². The minimum absolute atomic E-state index is 0.135. The lowest BCUT2D eigenvalue weighted by atomic mass is 10.2. The molecule has 2 aromatic carbocycles. The minimum atomic E-state index is -3.51. The largest absolute Gasteiger partial charge is 0.497 e. The molecule has 0 aliphatic carbocycles. The van der Waals surface area contributed by atoms with Crippen molar-refractivity contribution in [3.63, 3.8) is 0 Å². The summed E-state index contributed by atoms with van der Waals surface area (Å²) < 4.78 is 31.6. The number of nitrogens with zero attached hydrogens (tertiary/aromatic N) is 2. The summed E-state index contributed by atoms with van der Waals surface area (Å²) in [6, 6.07) is 16.7. The van der Waals surface area contributed by atoms with Gasteiger partial charge in [0.1, 0.15) is 5.75 Å². The summed E-state index contributed by atoms with van der Waals surface area (Å²) in [5, 5.41) is 1.22. The Kier molecular flexibility index (Phi) is 6.85. The first-order chi connectivity index (χ1) is 14.0. The number of benzene rings is 2. The third-order valence-corrected chi connectivity index (χ3v) is 6.22. The summed E-state index contributed by atoms with van der Waals surface area (Å²) in [6.07, 6.45) is 4.83. The maximum absolute atomic E-state index is 12.5. The van der Waals surface area contributed by atoms with E-state index in [0.717, 1.165) is 16.9 Å². The summed E-state index contributed by atoms with van der Waals surface area (Å²) in [5.74, 6) is 0.590. The van der Waals surface area contributed by atoms with Gasteiger partial charge < -0.3 is 9.64 Å². The van der Waals surface area contributed by atoms with E-state index in [9.17, 15) is 13.2 Å². The van der Waals surface area contributed by atoms with Crippen LogP contribution in [-0.4, -0.2) is 56.8 Å². The molecule has 0 spiro atoms. The van der Waals surface area contributed by atoms with Crippen molar-refractivity contribution >= 4 is 28.1 Å². The number of rotatable bonds is 6. The number of hydrogen-bond donors (Lipinski definition) is 0. The summed E-state index contributed by atoms with van der Waals surface area (Å²) in [7, 11) is -1.92. The molecule has 0 aromatic heterocycles. The van der Waals surface area contributed by atoms with Crippen LogP contribution >= 0.6 is 0 Å². The molecule has 0 N–H and O–H groups in total. The maximum Gasteiger partial charge on any atom is 0.246 e.